The molecule has 2 aromatic carbocycles. The molecule has 1 saturated heterocycles. The third-order valence-electron chi connectivity index (χ3n) is 4.78. The lowest BCUT2D eigenvalue weighted by Crippen LogP contribution is -2.39. The number of nitrogens with zero attached hydrogens (tertiary/aromatic N) is 3. The predicted molar refractivity (Wildman–Crippen MR) is 97.0 cm³/mol. The molecule has 0 saturated carbocycles. The van der Waals surface area contributed by atoms with Crippen molar-refractivity contribution in [1.29, 1.82) is 0 Å². The molecule has 1 aliphatic rings. The monoisotopic (exact) mass is 371 g/mol. The first-order valence-electron chi connectivity index (χ1n) is 8.73. The Morgan fingerprint density at radius 3 is 2.67 bits per heavy atom. The number of carbonyl (C=O) groups excluding carboxylic acids is 1. The zero-order valence-electron chi connectivity index (χ0n) is 14.8. The van der Waals surface area contributed by atoms with Crippen LogP contribution in [0.1, 0.15) is 16.9 Å². The Balaban J connectivity index is 1.60. The van der Waals surface area contributed by atoms with Gasteiger partial charge < -0.3 is 9.64 Å². The SMILES string of the molecule is Cn1nc(C(=O)N2CC(F)(F)C[C@H]2COc2ccccc2)c2ccccc21. The van der Waals surface area contributed by atoms with Crippen LogP contribution in [0.15, 0.2) is 54.6 Å². The van der Waals surface area contributed by atoms with Gasteiger partial charge in [-0.1, -0.05) is 36.4 Å². The number of likely N-dealkylation sites (tertiary alicyclic amines) is 1. The zero-order chi connectivity index (χ0) is 19.0. The maximum Gasteiger partial charge on any atom is 0.275 e. The van der Waals surface area contributed by atoms with Crippen molar-refractivity contribution in [1.82, 2.24) is 14.7 Å². The van der Waals surface area contributed by atoms with Gasteiger partial charge in [0.2, 0.25) is 0 Å². The van der Waals surface area contributed by atoms with Crippen molar-refractivity contribution in [3.8, 4) is 5.75 Å². The molecule has 7 heteroatoms. The molecule has 1 aromatic heterocycles. The summed E-state index contributed by atoms with van der Waals surface area (Å²) in [6.45, 7) is -0.615. The first-order chi connectivity index (χ1) is 12.9. The maximum atomic E-state index is 14.1. The van der Waals surface area contributed by atoms with Crippen molar-refractivity contribution in [2.45, 2.75) is 18.4 Å². The number of amides is 1. The van der Waals surface area contributed by atoms with Crippen LogP contribution in [0.25, 0.3) is 10.9 Å². The smallest absolute Gasteiger partial charge is 0.275 e. The Morgan fingerprint density at radius 1 is 1.19 bits per heavy atom. The molecule has 140 valence electrons. The molecule has 0 bridgehead atoms. The fraction of sp³-hybridized carbons (Fsp3) is 0.300. The van der Waals surface area contributed by atoms with E-state index in [9.17, 15) is 13.6 Å². The van der Waals surface area contributed by atoms with Gasteiger partial charge in [-0.3, -0.25) is 9.48 Å². The highest BCUT2D eigenvalue weighted by atomic mass is 19.3. The van der Waals surface area contributed by atoms with Crippen LogP contribution in [0.3, 0.4) is 0 Å². The molecule has 3 aromatic rings. The Morgan fingerprint density at radius 2 is 1.89 bits per heavy atom. The first-order valence-corrected chi connectivity index (χ1v) is 8.73. The zero-order valence-corrected chi connectivity index (χ0v) is 14.8. The number of fused-ring (bicyclic) bond motifs is 1. The molecule has 0 radical (unpaired) electrons. The summed E-state index contributed by atoms with van der Waals surface area (Å²) in [6.07, 6.45) is -0.420. The number of aromatic nitrogens is 2. The molecule has 0 N–H and O–H groups in total. The van der Waals surface area contributed by atoms with E-state index >= 15 is 0 Å². The van der Waals surface area contributed by atoms with Gasteiger partial charge in [0.15, 0.2) is 5.69 Å². The van der Waals surface area contributed by atoms with Crippen molar-refractivity contribution < 1.29 is 18.3 Å². The Bertz CT molecular complexity index is 972. The second kappa shape index (κ2) is 6.64. The third-order valence-corrected chi connectivity index (χ3v) is 4.78. The minimum absolute atomic E-state index is 0.0100. The highest BCUT2D eigenvalue weighted by molar-refractivity contribution is 6.05. The molecule has 0 spiro atoms. The summed E-state index contributed by atoms with van der Waals surface area (Å²) in [7, 11) is 1.73. The van der Waals surface area contributed by atoms with E-state index in [0.717, 1.165) is 5.52 Å². The van der Waals surface area contributed by atoms with Gasteiger partial charge in [-0.05, 0) is 18.2 Å². The summed E-state index contributed by atoms with van der Waals surface area (Å²) >= 11 is 0. The Hall–Kier alpha value is -2.96. The summed E-state index contributed by atoms with van der Waals surface area (Å²) < 4.78 is 35.4. The van der Waals surface area contributed by atoms with Crippen LogP contribution in [0.5, 0.6) is 5.75 Å². The van der Waals surface area contributed by atoms with Gasteiger partial charge in [0.05, 0.1) is 18.1 Å². The molecule has 4 rings (SSSR count). The number of halogens is 2. The summed E-state index contributed by atoms with van der Waals surface area (Å²) in [5.41, 5.74) is 0.972. The van der Waals surface area contributed by atoms with E-state index in [1.54, 1.807) is 36.0 Å². The number of aryl methyl sites for hydroxylation is 1. The van der Waals surface area contributed by atoms with Crippen LogP contribution in [-0.4, -0.2) is 45.7 Å². The number of hydrogen-bond acceptors (Lipinski definition) is 3. The number of alkyl halides is 2. The lowest BCUT2D eigenvalue weighted by molar-refractivity contribution is 0.0116. The fourth-order valence-electron chi connectivity index (χ4n) is 3.50. The summed E-state index contributed by atoms with van der Waals surface area (Å²) in [4.78, 5) is 14.2. The van der Waals surface area contributed by atoms with Crippen LogP contribution >= 0.6 is 0 Å². The molecule has 1 amide bonds. The van der Waals surface area contributed by atoms with Gasteiger partial charge in [-0.2, -0.15) is 5.10 Å². The van der Waals surface area contributed by atoms with Crippen molar-refractivity contribution in [2.75, 3.05) is 13.2 Å². The first kappa shape index (κ1) is 17.5. The second-order valence-corrected chi connectivity index (χ2v) is 6.76. The minimum Gasteiger partial charge on any atom is -0.491 e. The average Bonchev–Trinajstić information content (AvgIpc) is 3.17. The van der Waals surface area contributed by atoms with E-state index < -0.39 is 30.8 Å². The summed E-state index contributed by atoms with van der Waals surface area (Å²) in [5, 5.41) is 4.93. The number of hydrogen-bond donors (Lipinski definition) is 0. The minimum atomic E-state index is -2.94. The molecule has 0 aliphatic carbocycles. The van der Waals surface area contributed by atoms with Crippen LogP contribution in [0.2, 0.25) is 0 Å². The van der Waals surface area contributed by atoms with Gasteiger partial charge in [0, 0.05) is 18.9 Å². The summed E-state index contributed by atoms with van der Waals surface area (Å²) in [5.74, 6) is -2.85. The summed E-state index contributed by atoms with van der Waals surface area (Å²) in [6, 6.07) is 15.5. The molecule has 1 aliphatic heterocycles. The normalized spacial score (nSPS) is 18.8. The quantitative estimate of drug-likeness (QED) is 0.705. The molecule has 5 nitrogen and oxygen atoms in total. The fourth-order valence-corrected chi connectivity index (χ4v) is 3.50. The van der Waals surface area contributed by atoms with E-state index in [1.165, 1.54) is 4.90 Å². The molecule has 1 fully saturated rings. The van der Waals surface area contributed by atoms with E-state index in [4.69, 9.17) is 4.74 Å². The van der Waals surface area contributed by atoms with Gasteiger partial charge in [-0.25, -0.2) is 8.78 Å². The highest BCUT2D eigenvalue weighted by Crippen LogP contribution is 2.34. The number of rotatable bonds is 4. The van der Waals surface area contributed by atoms with E-state index in [1.807, 2.05) is 30.3 Å². The molecule has 27 heavy (non-hydrogen) atoms. The Kier molecular flexibility index (Phi) is 4.30. The molecular weight excluding hydrogens is 352 g/mol. The van der Waals surface area contributed by atoms with Gasteiger partial charge >= 0.3 is 0 Å². The Labute approximate surface area is 155 Å². The molecular formula is C20H19F2N3O2. The maximum absolute atomic E-state index is 14.1. The number of carbonyl (C=O) groups is 1. The van der Waals surface area contributed by atoms with E-state index in [2.05, 4.69) is 5.10 Å². The predicted octanol–water partition coefficient (Wildman–Crippen LogP) is 3.50. The third kappa shape index (κ3) is 3.37. The standard InChI is InChI=1S/C20H19F2N3O2/c1-24-17-10-6-5-9-16(17)18(23-24)19(26)25-13-20(21,22)11-14(25)12-27-15-7-3-2-4-8-15/h2-10,14H,11-13H2,1H3/t14-/m0/s1. The van der Waals surface area contributed by atoms with E-state index in [-0.39, 0.29) is 12.3 Å². The number of benzene rings is 2. The lowest BCUT2D eigenvalue weighted by atomic mass is 10.1. The van der Waals surface area contributed by atoms with Crippen molar-refractivity contribution >= 4 is 16.8 Å². The number of ether oxygens (including phenoxy) is 1. The van der Waals surface area contributed by atoms with Gasteiger partial charge in [0.25, 0.3) is 11.8 Å². The molecule has 1 atom stereocenters. The average molecular weight is 371 g/mol. The molecule has 2 heterocycles. The lowest BCUT2D eigenvalue weighted by Gasteiger charge is -2.23. The van der Waals surface area contributed by atoms with Crippen molar-refractivity contribution in [3.63, 3.8) is 0 Å². The largest absolute Gasteiger partial charge is 0.491 e. The van der Waals surface area contributed by atoms with Crippen LogP contribution in [0, 0.1) is 0 Å². The van der Waals surface area contributed by atoms with Crippen LogP contribution < -0.4 is 4.74 Å². The van der Waals surface area contributed by atoms with Crippen LogP contribution in [-0.2, 0) is 7.05 Å². The van der Waals surface area contributed by atoms with Crippen molar-refractivity contribution in [3.05, 3.63) is 60.3 Å². The van der Waals surface area contributed by atoms with E-state index in [0.29, 0.717) is 11.1 Å². The number of para-hydroxylation sites is 2. The van der Waals surface area contributed by atoms with Gasteiger partial charge in [0.1, 0.15) is 12.4 Å². The van der Waals surface area contributed by atoms with Crippen molar-refractivity contribution in [2.24, 2.45) is 7.05 Å². The van der Waals surface area contributed by atoms with Gasteiger partial charge in [-0.15, -0.1) is 0 Å². The highest BCUT2D eigenvalue weighted by Gasteiger charge is 2.48. The van der Waals surface area contributed by atoms with Crippen LogP contribution in [0.4, 0.5) is 8.78 Å². The second-order valence-electron chi connectivity index (χ2n) is 6.76. The topological polar surface area (TPSA) is 47.4 Å². The molecule has 0 unspecified atom stereocenters.